The van der Waals surface area contributed by atoms with Crippen LogP contribution >= 0.6 is 22.9 Å². The molecule has 1 N–H and O–H groups in total. The van der Waals surface area contributed by atoms with Crippen LogP contribution in [0.1, 0.15) is 36.2 Å². The molecule has 8 heteroatoms. The fourth-order valence-corrected chi connectivity index (χ4v) is 4.64. The minimum atomic E-state index is -1.03. The number of aromatic nitrogens is 1. The number of nitrogens with one attached hydrogen (secondary N) is 1. The largest absolute Gasteiger partial charge is 0.360 e. The summed E-state index contributed by atoms with van der Waals surface area (Å²) in [5.41, 5.74) is 2.55. The van der Waals surface area contributed by atoms with E-state index in [0.717, 1.165) is 16.7 Å². The predicted octanol–water partition coefficient (Wildman–Crippen LogP) is 6.42. The number of nitrogens with zero attached hydrogens (tertiary/aromatic N) is 2. The number of anilines is 1. The van der Waals surface area contributed by atoms with Gasteiger partial charge in [-0.2, -0.15) is 0 Å². The highest BCUT2D eigenvalue weighted by Crippen LogP contribution is 2.40. The van der Waals surface area contributed by atoms with Gasteiger partial charge in [0.05, 0.1) is 0 Å². The number of hydrogen-bond donors (Lipinski definition) is 1. The highest BCUT2D eigenvalue weighted by Gasteiger charge is 2.37. The van der Waals surface area contributed by atoms with Gasteiger partial charge in [0.25, 0.3) is 5.24 Å². The topological polar surface area (TPSA) is 72.8 Å². The maximum atomic E-state index is 12.2. The first-order valence-corrected chi connectivity index (χ1v) is 12.5. The van der Waals surface area contributed by atoms with Gasteiger partial charge >= 0.3 is 0 Å². The molecular formula is C28H26ClN3O3S. The van der Waals surface area contributed by atoms with Crippen LogP contribution in [0, 0.1) is 0 Å². The lowest BCUT2D eigenvalue weighted by Gasteiger charge is -2.36. The molecule has 184 valence electrons. The van der Waals surface area contributed by atoms with Gasteiger partial charge in [-0.3, -0.25) is 4.79 Å². The molecule has 0 amide bonds. The van der Waals surface area contributed by atoms with Crippen LogP contribution in [-0.4, -0.2) is 28.8 Å². The fourth-order valence-electron chi connectivity index (χ4n) is 3.76. The summed E-state index contributed by atoms with van der Waals surface area (Å²) in [5, 5.41) is 9.14. The Bertz CT molecular complexity index is 1230. The zero-order chi connectivity index (χ0) is 25.6. The van der Waals surface area contributed by atoms with E-state index < -0.39 is 16.6 Å². The average Bonchev–Trinajstić information content (AvgIpc) is 3.36. The molecule has 0 bridgehead atoms. The van der Waals surface area contributed by atoms with Crippen LogP contribution in [0.3, 0.4) is 0 Å². The Hall–Kier alpha value is -3.52. The van der Waals surface area contributed by atoms with Crippen LogP contribution in [0.4, 0.5) is 5.13 Å². The number of hydrogen-bond acceptors (Lipinski definition) is 7. The first-order valence-electron chi connectivity index (χ1n) is 11.3. The molecule has 3 aromatic carbocycles. The molecule has 1 aromatic heterocycles. The lowest BCUT2D eigenvalue weighted by atomic mass is 9.77. The summed E-state index contributed by atoms with van der Waals surface area (Å²) in [6, 6.07) is 30.5. The van der Waals surface area contributed by atoms with Crippen molar-refractivity contribution in [3.05, 3.63) is 119 Å². The number of oxime groups is 1. The highest BCUT2D eigenvalue weighted by molar-refractivity contribution is 7.14. The second kappa shape index (κ2) is 11.0. The van der Waals surface area contributed by atoms with Crippen molar-refractivity contribution in [2.45, 2.75) is 25.2 Å². The van der Waals surface area contributed by atoms with Gasteiger partial charge in [0, 0.05) is 26.3 Å². The minimum absolute atomic E-state index is 0.101. The Kier molecular flexibility index (Phi) is 7.84. The maximum Gasteiger partial charge on any atom is 0.276 e. The number of ether oxygens (including phenoxy) is 1. The molecule has 0 spiro atoms. The minimum Gasteiger partial charge on any atom is -0.360 e. The molecule has 0 radical (unpaired) electrons. The normalized spacial score (nSPS) is 12.3. The maximum absolute atomic E-state index is 12.2. The summed E-state index contributed by atoms with van der Waals surface area (Å²) in [7, 11) is 1.49. The first-order chi connectivity index (χ1) is 17.4. The van der Waals surface area contributed by atoms with Crippen LogP contribution in [-0.2, 0) is 19.9 Å². The molecule has 0 saturated carbocycles. The number of carbonyl (C=O) groups excluding carboxylic acids is 1. The van der Waals surface area contributed by atoms with Gasteiger partial charge in [0.2, 0.25) is 5.79 Å². The van der Waals surface area contributed by atoms with Gasteiger partial charge in [0.15, 0.2) is 10.8 Å². The fraction of sp³-hybridized carbons (Fsp3) is 0.179. The first kappa shape index (κ1) is 25.6. The molecule has 4 aromatic rings. The Morgan fingerprint density at radius 1 is 0.889 bits per heavy atom. The Morgan fingerprint density at radius 3 is 1.78 bits per heavy atom. The van der Waals surface area contributed by atoms with E-state index >= 15 is 0 Å². The molecule has 1 heterocycles. The van der Waals surface area contributed by atoms with Gasteiger partial charge in [-0.25, -0.2) is 4.98 Å². The summed E-state index contributed by atoms with van der Waals surface area (Å²) < 4.78 is 5.21. The lowest BCUT2D eigenvalue weighted by Crippen LogP contribution is -2.38. The number of halogens is 1. The SMILES string of the molecule is COC(C)(C)ON=C(C(=O)Cl)c1csc(NC(c2ccccc2)(c2ccccc2)c2ccccc2)n1. The van der Waals surface area contributed by atoms with Gasteiger partial charge in [-0.15, -0.1) is 11.3 Å². The molecule has 0 atom stereocenters. The van der Waals surface area contributed by atoms with E-state index in [2.05, 4.69) is 51.9 Å². The quantitative estimate of drug-likeness (QED) is 0.0860. The summed E-state index contributed by atoms with van der Waals surface area (Å²) in [5.74, 6) is -1.03. The van der Waals surface area contributed by atoms with E-state index in [1.165, 1.54) is 18.4 Å². The van der Waals surface area contributed by atoms with E-state index in [0.29, 0.717) is 10.8 Å². The van der Waals surface area contributed by atoms with Crippen molar-refractivity contribution < 1.29 is 14.4 Å². The summed E-state index contributed by atoms with van der Waals surface area (Å²) >= 11 is 7.18. The third-order valence-electron chi connectivity index (χ3n) is 5.70. The van der Waals surface area contributed by atoms with Crippen molar-refractivity contribution in [2.75, 3.05) is 12.4 Å². The molecule has 0 aliphatic heterocycles. The zero-order valence-electron chi connectivity index (χ0n) is 20.1. The number of rotatable bonds is 10. The van der Waals surface area contributed by atoms with Crippen molar-refractivity contribution in [1.29, 1.82) is 0 Å². The molecule has 6 nitrogen and oxygen atoms in total. The third kappa shape index (κ3) is 5.49. The second-order valence-corrected chi connectivity index (χ2v) is 9.62. The Balaban J connectivity index is 1.82. The molecule has 0 saturated heterocycles. The van der Waals surface area contributed by atoms with Gasteiger partial charge in [-0.1, -0.05) is 96.2 Å². The van der Waals surface area contributed by atoms with Crippen molar-refractivity contribution in [3.8, 4) is 0 Å². The van der Waals surface area contributed by atoms with E-state index in [1.807, 2.05) is 54.6 Å². The number of benzene rings is 3. The lowest BCUT2D eigenvalue weighted by molar-refractivity contribution is -0.197. The zero-order valence-corrected chi connectivity index (χ0v) is 21.7. The van der Waals surface area contributed by atoms with Crippen LogP contribution in [0.25, 0.3) is 0 Å². The summed E-state index contributed by atoms with van der Waals surface area (Å²) in [6.45, 7) is 3.35. The van der Waals surface area contributed by atoms with Crippen molar-refractivity contribution in [3.63, 3.8) is 0 Å². The Labute approximate surface area is 219 Å². The Morgan fingerprint density at radius 2 is 1.36 bits per heavy atom. The van der Waals surface area contributed by atoms with E-state index in [-0.39, 0.29) is 5.71 Å². The number of methoxy groups -OCH3 is 1. The van der Waals surface area contributed by atoms with Crippen molar-refractivity contribution in [1.82, 2.24) is 4.98 Å². The van der Waals surface area contributed by atoms with Crippen LogP contribution in [0.2, 0.25) is 0 Å². The summed E-state index contributed by atoms with van der Waals surface area (Å²) in [6.07, 6.45) is 0. The van der Waals surface area contributed by atoms with Gasteiger partial charge in [0.1, 0.15) is 11.2 Å². The number of thiazole rings is 1. The molecule has 0 unspecified atom stereocenters. The van der Waals surface area contributed by atoms with Crippen molar-refractivity contribution >= 4 is 39.0 Å². The van der Waals surface area contributed by atoms with E-state index in [9.17, 15) is 4.79 Å². The van der Waals surface area contributed by atoms with Gasteiger partial charge < -0.3 is 14.9 Å². The molecule has 0 fully saturated rings. The standard InChI is InChI=1S/C28H26ClN3O3S/c1-27(2,34-3)35-32-24(25(29)33)23-19-36-26(30-23)31-28(20-13-7-4-8-14-20,21-15-9-5-10-16-21)22-17-11-6-12-18-22/h4-19H,1-3H3,(H,30,31). The van der Waals surface area contributed by atoms with Crippen LogP contribution in [0.5, 0.6) is 0 Å². The van der Waals surface area contributed by atoms with Crippen LogP contribution < -0.4 is 5.32 Å². The predicted molar refractivity (Wildman–Crippen MR) is 145 cm³/mol. The molecule has 4 rings (SSSR count). The molecule has 36 heavy (non-hydrogen) atoms. The third-order valence-corrected chi connectivity index (χ3v) is 6.63. The highest BCUT2D eigenvalue weighted by atomic mass is 35.5. The van der Waals surface area contributed by atoms with Crippen LogP contribution in [0.15, 0.2) is 102 Å². The van der Waals surface area contributed by atoms with Crippen molar-refractivity contribution in [2.24, 2.45) is 5.16 Å². The summed E-state index contributed by atoms with van der Waals surface area (Å²) in [4.78, 5) is 22.2. The number of carbonyl (C=O) groups is 1. The second-order valence-electron chi connectivity index (χ2n) is 8.42. The monoisotopic (exact) mass is 519 g/mol. The molecule has 0 aliphatic carbocycles. The van der Waals surface area contributed by atoms with E-state index in [4.69, 9.17) is 21.2 Å². The molecular weight excluding hydrogens is 494 g/mol. The molecule has 0 aliphatic rings. The average molecular weight is 520 g/mol. The smallest absolute Gasteiger partial charge is 0.276 e. The van der Waals surface area contributed by atoms with Gasteiger partial charge in [-0.05, 0) is 28.3 Å². The van der Waals surface area contributed by atoms with E-state index in [1.54, 1.807) is 19.2 Å².